The van der Waals surface area contributed by atoms with Crippen LogP contribution >= 0.6 is 12.4 Å². The standard InChI is InChI=1S/C6H12N2O2.ClH/c1-4(9)8-5-2-7-3-6(5)10;/h5-7,10H,2-3H2,1H3,(H,8,9);1H/t5-,6-;/m1./s1. The Kier molecular flexibility index (Phi) is 4.40. The van der Waals surface area contributed by atoms with Gasteiger partial charge in [-0.1, -0.05) is 0 Å². The van der Waals surface area contributed by atoms with Crippen molar-refractivity contribution in [3.8, 4) is 0 Å². The van der Waals surface area contributed by atoms with Crippen molar-refractivity contribution in [3.05, 3.63) is 0 Å². The summed E-state index contributed by atoms with van der Waals surface area (Å²) < 4.78 is 0. The van der Waals surface area contributed by atoms with Gasteiger partial charge in [-0.3, -0.25) is 4.79 Å². The molecule has 4 nitrogen and oxygen atoms in total. The summed E-state index contributed by atoms with van der Waals surface area (Å²) in [7, 11) is 0. The lowest BCUT2D eigenvalue weighted by Crippen LogP contribution is -2.41. The number of carbonyl (C=O) groups is 1. The predicted octanol–water partition coefficient (Wildman–Crippen LogP) is -1.12. The highest BCUT2D eigenvalue weighted by Crippen LogP contribution is 1.97. The number of halogens is 1. The summed E-state index contributed by atoms with van der Waals surface area (Å²) in [6.45, 7) is 2.69. The zero-order valence-electron chi connectivity index (χ0n) is 6.33. The molecule has 2 atom stereocenters. The van der Waals surface area contributed by atoms with Gasteiger partial charge < -0.3 is 15.7 Å². The monoisotopic (exact) mass is 180 g/mol. The topological polar surface area (TPSA) is 61.4 Å². The lowest BCUT2D eigenvalue weighted by atomic mass is 10.2. The molecule has 0 aromatic rings. The van der Waals surface area contributed by atoms with Crippen LogP contribution in [0.15, 0.2) is 0 Å². The van der Waals surface area contributed by atoms with E-state index < -0.39 is 6.10 Å². The fourth-order valence-electron chi connectivity index (χ4n) is 1.07. The van der Waals surface area contributed by atoms with Crippen LogP contribution in [0, 0.1) is 0 Å². The Hall–Kier alpha value is -0.320. The zero-order chi connectivity index (χ0) is 7.56. The molecule has 0 radical (unpaired) electrons. The second kappa shape index (κ2) is 4.54. The van der Waals surface area contributed by atoms with Gasteiger partial charge in [-0.2, -0.15) is 0 Å². The van der Waals surface area contributed by atoms with Gasteiger partial charge in [-0.25, -0.2) is 0 Å². The van der Waals surface area contributed by atoms with Crippen molar-refractivity contribution in [2.24, 2.45) is 0 Å². The Labute approximate surface area is 71.8 Å². The number of aliphatic hydroxyl groups excluding tert-OH is 1. The second-order valence-corrected chi connectivity index (χ2v) is 2.53. The van der Waals surface area contributed by atoms with Crippen LogP contribution in [0.2, 0.25) is 0 Å². The average Bonchev–Trinajstić information content (AvgIpc) is 2.15. The number of nitrogens with one attached hydrogen (secondary N) is 2. The number of hydrogen-bond acceptors (Lipinski definition) is 3. The Bertz CT molecular complexity index is 143. The van der Waals surface area contributed by atoms with E-state index in [0.717, 1.165) is 0 Å². The van der Waals surface area contributed by atoms with E-state index in [1.54, 1.807) is 0 Å². The molecular weight excluding hydrogens is 168 g/mol. The number of hydrogen-bond donors (Lipinski definition) is 3. The maximum atomic E-state index is 10.5. The van der Waals surface area contributed by atoms with Crippen molar-refractivity contribution in [2.45, 2.75) is 19.1 Å². The first-order chi connectivity index (χ1) is 4.70. The number of amides is 1. The van der Waals surface area contributed by atoms with E-state index in [1.165, 1.54) is 6.92 Å². The highest BCUT2D eigenvalue weighted by Gasteiger charge is 2.24. The van der Waals surface area contributed by atoms with E-state index in [9.17, 15) is 4.79 Å². The molecule has 1 fully saturated rings. The van der Waals surface area contributed by atoms with E-state index in [4.69, 9.17) is 5.11 Å². The van der Waals surface area contributed by atoms with Gasteiger partial charge in [0.2, 0.25) is 5.91 Å². The zero-order valence-corrected chi connectivity index (χ0v) is 7.15. The minimum absolute atomic E-state index is 0. The predicted molar refractivity (Wildman–Crippen MR) is 43.7 cm³/mol. The maximum Gasteiger partial charge on any atom is 0.217 e. The quantitative estimate of drug-likeness (QED) is 0.479. The van der Waals surface area contributed by atoms with Gasteiger partial charge >= 0.3 is 0 Å². The highest BCUT2D eigenvalue weighted by molar-refractivity contribution is 5.85. The van der Waals surface area contributed by atoms with Crippen LogP contribution in [-0.4, -0.2) is 36.2 Å². The Morgan fingerprint density at radius 2 is 2.27 bits per heavy atom. The van der Waals surface area contributed by atoms with E-state index >= 15 is 0 Å². The van der Waals surface area contributed by atoms with Gasteiger partial charge in [0.25, 0.3) is 0 Å². The molecular formula is C6H13ClN2O2. The summed E-state index contributed by atoms with van der Waals surface area (Å²) >= 11 is 0. The SMILES string of the molecule is CC(=O)N[C@@H]1CNC[C@H]1O.Cl. The van der Waals surface area contributed by atoms with Gasteiger partial charge in [-0.05, 0) is 0 Å². The Morgan fingerprint density at radius 1 is 1.64 bits per heavy atom. The van der Waals surface area contributed by atoms with Crippen molar-refractivity contribution < 1.29 is 9.90 Å². The summed E-state index contributed by atoms with van der Waals surface area (Å²) in [6.07, 6.45) is -0.427. The van der Waals surface area contributed by atoms with Crippen LogP contribution in [0.5, 0.6) is 0 Å². The van der Waals surface area contributed by atoms with Gasteiger partial charge in [-0.15, -0.1) is 12.4 Å². The highest BCUT2D eigenvalue weighted by atomic mass is 35.5. The molecule has 1 heterocycles. The molecule has 0 aromatic heterocycles. The van der Waals surface area contributed by atoms with E-state index in [1.807, 2.05) is 0 Å². The normalized spacial score (nSPS) is 29.3. The first-order valence-corrected chi connectivity index (χ1v) is 3.36. The van der Waals surface area contributed by atoms with Crippen molar-refractivity contribution in [1.29, 1.82) is 0 Å². The minimum Gasteiger partial charge on any atom is -0.390 e. The number of carbonyl (C=O) groups excluding carboxylic acids is 1. The molecule has 1 saturated heterocycles. The first-order valence-electron chi connectivity index (χ1n) is 3.36. The lowest BCUT2D eigenvalue weighted by Gasteiger charge is -2.12. The van der Waals surface area contributed by atoms with Crippen molar-refractivity contribution >= 4 is 18.3 Å². The minimum atomic E-state index is -0.427. The Balaban J connectivity index is 0.000001000. The first kappa shape index (κ1) is 10.7. The molecule has 0 bridgehead atoms. The molecule has 66 valence electrons. The molecule has 5 heteroatoms. The fourth-order valence-corrected chi connectivity index (χ4v) is 1.07. The summed E-state index contributed by atoms with van der Waals surface area (Å²) in [5.74, 6) is -0.0900. The van der Waals surface area contributed by atoms with Gasteiger partial charge in [0, 0.05) is 20.0 Å². The molecule has 0 aromatic carbocycles. The summed E-state index contributed by atoms with van der Waals surface area (Å²) in [6, 6.07) is -0.0995. The third-order valence-corrected chi connectivity index (χ3v) is 1.57. The molecule has 1 aliphatic heterocycles. The average molecular weight is 181 g/mol. The van der Waals surface area contributed by atoms with E-state index in [0.29, 0.717) is 13.1 Å². The Morgan fingerprint density at radius 3 is 2.64 bits per heavy atom. The van der Waals surface area contributed by atoms with Crippen LogP contribution in [0.25, 0.3) is 0 Å². The summed E-state index contributed by atoms with van der Waals surface area (Å²) in [5.41, 5.74) is 0. The number of β-amino-alcohol motifs (C(OH)–C–C–N with tert-alkyl or cyclic N) is 1. The molecule has 0 unspecified atom stereocenters. The molecule has 0 saturated carbocycles. The molecule has 3 N–H and O–H groups in total. The largest absolute Gasteiger partial charge is 0.390 e. The second-order valence-electron chi connectivity index (χ2n) is 2.53. The molecule has 1 aliphatic rings. The van der Waals surface area contributed by atoms with Gasteiger partial charge in [0.15, 0.2) is 0 Å². The van der Waals surface area contributed by atoms with Crippen LogP contribution in [0.4, 0.5) is 0 Å². The number of rotatable bonds is 1. The van der Waals surface area contributed by atoms with Crippen LogP contribution < -0.4 is 10.6 Å². The van der Waals surface area contributed by atoms with E-state index in [2.05, 4.69) is 10.6 Å². The summed E-state index contributed by atoms with van der Waals surface area (Å²) in [5, 5.41) is 14.8. The third-order valence-electron chi connectivity index (χ3n) is 1.57. The van der Waals surface area contributed by atoms with Crippen molar-refractivity contribution in [3.63, 3.8) is 0 Å². The van der Waals surface area contributed by atoms with Crippen molar-refractivity contribution in [1.82, 2.24) is 10.6 Å². The molecule has 11 heavy (non-hydrogen) atoms. The maximum absolute atomic E-state index is 10.5. The van der Waals surface area contributed by atoms with Crippen molar-refractivity contribution in [2.75, 3.05) is 13.1 Å². The molecule has 0 aliphatic carbocycles. The molecule has 0 spiro atoms. The smallest absolute Gasteiger partial charge is 0.217 e. The van der Waals surface area contributed by atoms with Crippen LogP contribution in [0.3, 0.4) is 0 Å². The van der Waals surface area contributed by atoms with E-state index in [-0.39, 0.29) is 24.4 Å². The van der Waals surface area contributed by atoms with Gasteiger partial charge in [0.05, 0.1) is 12.1 Å². The van der Waals surface area contributed by atoms with Crippen LogP contribution in [0.1, 0.15) is 6.92 Å². The summed E-state index contributed by atoms with van der Waals surface area (Å²) in [4.78, 5) is 10.5. The lowest BCUT2D eigenvalue weighted by molar-refractivity contribution is -0.120. The van der Waals surface area contributed by atoms with Crippen LogP contribution in [-0.2, 0) is 4.79 Å². The third kappa shape index (κ3) is 3.05. The molecule has 1 amide bonds. The fraction of sp³-hybridized carbons (Fsp3) is 0.833. The number of aliphatic hydroxyl groups is 1. The molecule has 1 rings (SSSR count). The van der Waals surface area contributed by atoms with Gasteiger partial charge in [0.1, 0.15) is 0 Å².